The highest BCUT2D eigenvalue weighted by Crippen LogP contribution is 2.38. The molecule has 35 heavy (non-hydrogen) atoms. The van der Waals surface area contributed by atoms with Gasteiger partial charge in [0.2, 0.25) is 0 Å². The Morgan fingerprint density at radius 3 is 2.80 bits per heavy atom. The molecular weight excluding hydrogens is 462 g/mol. The summed E-state index contributed by atoms with van der Waals surface area (Å²) in [4.78, 5) is 35.2. The van der Waals surface area contributed by atoms with Gasteiger partial charge >= 0.3 is 0 Å². The maximum atomic E-state index is 13.0. The van der Waals surface area contributed by atoms with E-state index in [1.165, 1.54) is 16.9 Å². The van der Waals surface area contributed by atoms with Crippen LogP contribution in [0.15, 0.2) is 24.4 Å². The third kappa shape index (κ3) is 4.10. The van der Waals surface area contributed by atoms with Gasteiger partial charge in [-0.2, -0.15) is 0 Å². The van der Waals surface area contributed by atoms with Crippen LogP contribution in [-0.4, -0.2) is 65.2 Å². The molecule has 0 saturated carbocycles. The van der Waals surface area contributed by atoms with Gasteiger partial charge in [-0.25, -0.2) is 4.98 Å². The van der Waals surface area contributed by atoms with Gasteiger partial charge in [0, 0.05) is 49.3 Å². The molecule has 2 aliphatic rings. The van der Waals surface area contributed by atoms with Crippen molar-refractivity contribution >= 4 is 39.2 Å². The van der Waals surface area contributed by atoms with Gasteiger partial charge in [0.1, 0.15) is 4.88 Å². The molecule has 1 atom stereocenters. The first-order valence-electron chi connectivity index (χ1n) is 12.3. The van der Waals surface area contributed by atoms with Crippen LogP contribution in [0.5, 0.6) is 0 Å². The first-order chi connectivity index (χ1) is 16.7. The largest absolute Gasteiger partial charge is 0.377 e. The van der Waals surface area contributed by atoms with Crippen LogP contribution in [0.1, 0.15) is 59.0 Å². The van der Waals surface area contributed by atoms with E-state index in [1.807, 2.05) is 57.8 Å². The van der Waals surface area contributed by atoms with E-state index in [0.717, 1.165) is 40.3 Å². The molecule has 1 fully saturated rings. The molecule has 0 bridgehead atoms. The number of carbonyl (C=O) groups is 2. The number of hydrogen-bond donors (Lipinski definition) is 1. The number of anilines is 1. The molecule has 1 N–H and O–H groups in total. The maximum Gasteiger partial charge on any atom is 0.264 e. The van der Waals surface area contributed by atoms with Gasteiger partial charge < -0.3 is 24.4 Å². The zero-order valence-corrected chi connectivity index (χ0v) is 21.9. The lowest BCUT2D eigenvalue weighted by Gasteiger charge is -2.35. The first kappa shape index (κ1) is 23.8. The summed E-state index contributed by atoms with van der Waals surface area (Å²) in [5.74, 6) is 0.0190. The van der Waals surface area contributed by atoms with Gasteiger partial charge in [0.05, 0.1) is 30.5 Å². The molecule has 2 amide bonds. The molecular formula is C26H33N5O3S. The Morgan fingerprint density at radius 1 is 1.31 bits per heavy atom. The number of morpholine rings is 1. The Bertz CT molecular complexity index is 1290. The van der Waals surface area contributed by atoms with E-state index in [0.29, 0.717) is 31.2 Å². The van der Waals surface area contributed by atoms with Crippen LogP contribution in [0, 0.1) is 0 Å². The smallest absolute Gasteiger partial charge is 0.264 e. The summed E-state index contributed by atoms with van der Waals surface area (Å²) >= 11 is 1.47. The Labute approximate surface area is 209 Å². The summed E-state index contributed by atoms with van der Waals surface area (Å²) in [6.45, 7) is 11.3. The molecule has 1 saturated heterocycles. The molecule has 186 valence electrons. The Hall–Kier alpha value is -2.91. The summed E-state index contributed by atoms with van der Waals surface area (Å²) in [5.41, 5.74) is 3.38. The lowest BCUT2D eigenvalue weighted by Crippen LogP contribution is -2.47. The second-order valence-electron chi connectivity index (χ2n) is 9.85. The minimum absolute atomic E-state index is 0.0435. The minimum Gasteiger partial charge on any atom is -0.377 e. The molecule has 0 spiro atoms. The summed E-state index contributed by atoms with van der Waals surface area (Å²) in [7, 11) is 2.04. The molecule has 0 aliphatic carbocycles. The second-order valence-corrected chi connectivity index (χ2v) is 10.8. The highest BCUT2D eigenvalue weighted by Gasteiger charge is 2.40. The van der Waals surface area contributed by atoms with Gasteiger partial charge in [-0.1, -0.05) is 11.3 Å². The van der Waals surface area contributed by atoms with E-state index in [1.54, 1.807) is 0 Å². The fourth-order valence-electron chi connectivity index (χ4n) is 5.20. The van der Waals surface area contributed by atoms with E-state index >= 15 is 0 Å². The van der Waals surface area contributed by atoms with Crippen LogP contribution in [0.3, 0.4) is 0 Å². The third-order valence-electron chi connectivity index (χ3n) is 7.14. The van der Waals surface area contributed by atoms with Crippen LogP contribution >= 0.6 is 11.3 Å². The van der Waals surface area contributed by atoms with Crippen LogP contribution in [-0.2, 0) is 23.7 Å². The fraction of sp³-hybridized carbons (Fsp3) is 0.500. The lowest BCUT2D eigenvalue weighted by molar-refractivity contribution is 0.0772. The quantitative estimate of drug-likeness (QED) is 0.566. The molecule has 0 unspecified atom stereocenters. The highest BCUT2D eigenvalue weighted by molar-refractivity contribution is 7.17. The lowest BCUT2D eigenvalue weighted by atomic mass is 10.0. The Balaban J connectivity index is 1.47. The number of nitrogens with zero attached hydrogens (tertiary/aromatic N) is 4. The SMILES string of the molecule is CCN(CC)C(=O)c1ccc2c(c1)c(C[C@H]1COCCN1c1nc3c(s1)C(=O)NC3(C)C)cn2C. The van der Waals surface area contributed by atoms with Gasteiger partial charge in [-0.3, -0.25) is 9.59 Å². The number of fused-ring (bicyclic) bond motifs is 2. The van der Waals surface area contributed by atoms with Crippen molar-refractivity contribution in [2.24, 2.45) is 7.05 Å². The van der Waals surface area contributed by atoms with E-state index in [4.69, 9.17) is 9.72 Å². The van der Waals surface area contributed by atoms with Crippen molar-refractivity contribution in [1.29, 1.82) is 0 Å². The van der Waals surface area contributed by atoms with E-state index in [2.05, 4.69) is 21.0 Å². The highest BCUT2D eigenvalue weighted by atomic mass is 32.1. The number of hydrogen-bond acceptors (Lipinski definition) is 6. The second kappa shape index (κ2) is 8.95. The normalized spacial score (nSPS) is 19.2. The van der Waals surface area contributed by atoms with Gasteiger partial charge in [0.25, 0.3) is 11.8 Å². The molecule has 4 heterocycles. The topological polar surface area (TPSA) is 79.7 Å². The number of thiazole rings is 1. The van der Waals surface area contributed by atoms with Crippen LogP contribution in [0.25, 0.3) is 10.9 Å². The van der Waals surface area contributed by atoms with Crippen molar-refractivity contribution in [3.63, 3.8) is 0 Å². The number of nitrogens with one attached hydrogen (secondary N) is 1. The summed E-state index contributed by atoms with van der Waals surface area (Å²) in [6, 6.07) is 6.09. The van der Waals surface area contributed by atoms with Gasteiger partial charge in [0.15, 0.2) is 5.13 Å². The summed E-state index contributed by atoms with van der Waals surface area (Å²) in [5, 5.41) is 4.98. The van der Waals surface area contributed by atoms with Crippen molar-refractivity contribution < 1.29 is 14.3 Å². The molecule has 1 aromatic carbocycles. The number of carbonyl (C=O) groups excluding carboxylic acids is 2. The zero-order valence-electron chi connectivity index (χ0n) is 21.1. The molecule has 2 aliphatic heterocycles. The van der Waals surface area contributed by atoms with Crippen LogP contribution in [0.2, 0.25) is 0 Å². The average Bonchev–Trinajstić information content (AvgIpc) is 3.48. The van der Waals surface area contributed by atoms with Gasteiger partial charge in [-0.15, -0.1) is 0 Å². The number of ether oxygens (including phenoxy) is 1. The number of amides is 2. The predicted molar refractivity (Wildman–Crippen MR) is 138 cm³/mol. The number of rotatable bonds is 6. The number of benzene rings is 1. The number of aryl methyl sites for hydroxylation is 1. The zero-order chi connectivity index (χ0) is 24.9. The first-order valence-corrected chi connectivity index (χ1v) is 13.1. The van der Waals surface area contributed by atoms with Crippen molar-refractivity contribution in [1.82, 2.24) is 19.8 Å². The molecule has 2 aromatic heterocycles. The summed E-state index contributed by atoms with van der Waals surface area (Å²) in [6.07, 6.45) is 2.92. The average molecular weight is 496 g/mol. The molecule has 0 radical (unpaired) electrons. The minimum atomic E-state index is -0.452. The van der Waals surface area contributed by atoms with Crippen molar-refractivity contribution in [2.75, 3.05) is 37.7 Å². The van der Waals surface area contributed by atoms with Gasteiger partial charge in [-0.05, 0) is 57.9 Å². The van der Waals surface area contributed by atoms with Crippen molar-refractivity contribution in [3.05, 3.63) is 46.1 Å². The fourth-order valence-corrected chi connectivity index (χ4v) is 6.42. The van der Waals surface area contributed by atoms with Crippen molar-refractivity contribution in [3.8, 4) is 0 Å². The van der Waals surface area contributed by atoms with Crippen LogP contribution in [0.4, 0.5) is 5.13 Å². The van der Waals surface area contributed by atoms with E-state index < -0.39 is 5.54 Å². The van der Waals surface area contributed by atoms with Crippen LogP contribution < -0.4 is 10.2 Å². The monoisotopic (exact) mass is 495 g/mol. The molecule has 8 nitrogen and oxygen atoms in total. The standard InChI is InChI=1S/C26H33N5O3S/c1-6-30(7-2)24(33)16-8-9-20-19(13-16)17(14-29(20)5)12-18-15-34-11-10-31(18)25-27-22-21(35-25)23(32)28-26(22,3)4/h8-9,13-14,18H,6-7,10-12,15H2,1-5H3,(H,28,32)/t18-/m0/s1. The third-order valence-corrected chi connectivity index (χ3v) is 8.23. The molecule has 3 aromatic rings. The molecule has 9 heteroatoms. The maximum absolute atomic E-state index is 13.0. The number of aromatic nitrogens is 2. The van der Waals surface area contributed by atoms with Crippen molar-refractivity contribution in [2.45, 2.75) is 45.7 Å². The van der Waals surface area contributed by atoms with E-state index in [9.17, 15) is 9.59 Å². The van der Waals surface area contributed by atoms with E-state index in [-0.39, 0.29) is 17.9 Å². The Kier molecular flexibility index (Phi) is 6.09. The predicted octanol–water partition coefficient (Wildman–Crippen LogP) is 3.54. The Morgan fingerprint density at radius 2 is 2.09 bits per heavy atom. The summed E-state index contributed by atoms with van der Waals surface area (Å²) < 4.78 is 8.00. The molecule has 5 rings (SSSR count).